The largest absolute Gasteiger partial charge is 0.370 e. The molecule has 1 atom stereocenters. The monoisotopic (exact) mass is 275 g/mol. The summed E-state index contributed by atoms with van der Waals surface area (Å²) in [6.07, 6.45) is -1.17. The lowest BCUT2D eigenvalue weighted by Gasteiger charge is -2.29. The van der Waals surface area contributed by atoms with Gasteiger partial charge in [0, 0.05) is 13.7 Å². The Bertz CT molecular complexity index is 426. The van der Waals surface area contributed by atoms with Gasteiger partial charge >= 0.3 is 5.92 Å². The van der Waals surface area contributed by atoms with Gasteiger partial charge in [-0.05, 0) is 19.1 Å². The van der Waals surface area contributed by atoms with Crippen LogP contribution in [0.3, 0.4) is 0 Å². The Morgan fingerprint density at radius 2 is 2.05 bits per heavy atom. The first-order chi connectivity index (χ1) is 8.93. The van der Waals surface area contributed by atoms with Crippen molar-refractivity contribution in [2.24, 2.45) is 0 Å². The van der Waals surface area contributed by atoms with Gasteiger partial charge in [-0.3, -0.25) is 4.79 Å². The van der Waals surface area contributed by atoms with E-state index in [4.69, 9.17) is 4.74 Å². The molecule has 1 unspecified atom stereocenters. The minimum Gasteiger partial charge on any atom is -0.370 e. The van der Waals surface area contributed by atoms with Crippen molar-refractivity contribution < 1.29 is 22.7 Å². The third-order valence-corrected chi connectivity index (χ3v) is 2.64. The SMILES string of the molecule is CCOC(CN(C)C=O)C(F)(F)c1ccccc1F. The van der Waals surface area contributed by atoms with Crippen LogP contribution in [-0.4, -0.2) is 37.6 Å². The lowest BCUT2D eigenvalue weighted by molar-refractivity contribution is -0.153. The van der Waals surface area contributed by atoms with E-state index >= 15 is 0 Å². The molecule has 0 saturated carbocycles. The number of hydrogen-bond donors (Lipinski definition) is 0. The number of benzene rings is 1. The van der Waals surface area contributed by atoms with Crippen molar-refractivity contribution in [2.45, 2.75) is 19.0 Å². The molecule has 106 valence electrons. The van der Waals surface area contributed by atoms with Crippen LogP contribution in [0.15, 0.2) is 24.3 Å². The first-order valence-corrected chi connectivity index (χ1v) is 5.83. The van der Waals surface area contributed by atoms with Gasteiger partial charge in [-0.25, -0.2) is 4.39 Å². The highest BCUT2D eigenvalue weighted by atomic mass is 19.3. The van der Waals surface area contributed by atoms with Crippen LogP contribution >= 0.6 is 0 Å². The second-order valence-electron chi connectivity index (χ2n) is 4.09. The first-order valence-electron chi connectivity index (χ1n) is 5.83. The molecule has 0 saturated heterocycles. The maximum atomic E-state index is 14.3. The summed E-state index contributed by atoms with van der Waals surface area (Å²) in [5.74, 6) is -4.51. The standard InChI is InChI=1S/C13H16F3NO2/c1-3-19-12(8-17(2)9-18)13(15,16)10-6-4-5-7-11(10)14/h4-7,9,12H,3,8H2,1-2H3. The molecule has 0 spiro atoms. The quantitative estimate of drug-likeness (QED) is 0.715. The highest BCUT2D eigenvalue weighted by Crippen LogP contribution is 2.35. The average Bonchev–Trinajstić information content (AvgIpc) is 2.38. The van der Waals surface area contributed by atoms with Crippen molar-refractivity contribution in [2.75, 3.05) is 20.2 Å². The number of carbonyl (C=O) groups is 1. The van der Waals surface area contributed by atoms with Crippen LogP contribution in [0.5, 0.6) is 0 Å². The Morgan fingerprint density at radius 3 is 2.58 bits per heavy atom. The molecule has 0 bridgehead atoms. The van der Waals surface area contributed by atoms with Crippen LogP contribution in [0, 0.1) is 5.82 Å². The first kappa shape index (κ1) is 15.5. The van der Waals surface area contributed by atoms with E-state index < -0.39 is 23.4 Å². The Kier molecular flexibility index (Phi) is 5.35. The van der Waals surface area contributed by atoms with E-state index in [9.17, 15) is 18.0 Å². The van der Waals surface area contributed by atoms with Gasteiger partial charge in [0.25, 0.3) is 0 Å². The van der Waals surface area contributed by atoms with Crippen LogP contribution in [0.1, 0.15) is 12.5 Å². The fraction of sp³-hybridized carbons (Fsp3) is 0.462. The van der Waals surface area contributed by atoms with Gasteiger partial charge in [0.05, 0.1) is 12.1 Å². The number of likely N-dealkylation sites (N-methyl/N-ethyl adjacent to an activating group) is 1. The van der Waals surface area contributed by atoms with E-state index in [1.54, 1.807) is 6.92 Å². The van der Waals surface area contributed by atoms with E-state index in [1.165, 1.54) is 19.2 Å². The molecule has 0 N–H and O–H groups in total. The number of carbonyl (C=O) groups excluding carboxylic acids is 1. The van der Waals surface area contributed by atoms with E-state index in [1.807, 2.05) is 0 Å². The summed E-state index contributed by atoms with van der Waals surface area (Å²) in [5, 5.41) is 0. The molecule has 1 aromatic rings. The molecule has 0 aliphatic carbocycles. The summed E-state index contributed by atoms with van der Waals surface area (Å²) in [6.45, 7) is 1.28. The zero-order chi connectivity index (χ0) is 14.5. The molecule has 0 aliphatic heterocycles. The summed E-state index contributed by atoms with van der Waals surface area (Å²) < 4.78 is 47.0. The molecular formula is C13H16F3NO2. The van der Waals surface area contributed by atoms with Crippen LogP contribution in [-0.2, 0) is 15.5 Å². The fourth-order valence-electron chi connectivity index (χ4n) is 1.68. The number of hydrogen-bond acceptors (Lipinski definition) is 2. The Hall–Kier alpha value is -1.56. The molecule has 0 aliphatic rings. The zero-order valence-electron chi connectivity index (χ0n) is 10.8. The van der Waals surface area contributed by atoms with Crippen LogP contribution < -0.4 is 0 Å². The van der Waals surface area contributed by atoms with Crippen molar-refractivity contribution >= 4 is 6.41 Å². The number of halogens is 3. The van der Waals surface area contributed by atoms with Crippen LogP contribution in [0.4, 0.5) is 13.2 Å². The lowest BCUT2D eigenvalue weighted by Crippen LogP contribution is -2.42. The second kappa shape index (κ2) is 6.56. The third-order valence-electron chi connectivity index (χ3n) is 2.64. The minimum atomic E-state index is -3.52. The number of rotatable bonds is 7. The molecule has 1 aromatic carbocycles. The maximum Gasteiger partial charge on any atom is 0.303 e. The van der Waals surface area contributed by atoms with Gasteiger partial charge in [0.2, 0.25) is 6.41 Å². The topological polar surface area (TPSA) is 29.5 Å². The molecular weight excluding hydrogens is 259 g/mol. The zero-order valence-corrected chi connectivity index (χ0v) is 10.8. The van der Waals surface area contributed by atoms with E-state index in [0.29, 0.717) is 6.41 Å². The average molecular weight is 275 g/mol. The Labute approximate surface area is 110 Å². The molecule has 0 heterocycles. The lowest BCUT2D eigenvalue weighted by atomic mass is 10.0. The predicted molar refractivity (Wildman–Crippen MR) is 64.4 cm³/mol. The Balaban J connectivity index is 3.04. The highest BCUT2D eigenvalue weighted by Gasteiger charge is 2.44. The van der Waals surface area contributed by atoms with Gasteiger partial charge in [-0.1, -0.05) is 12.1 Å². The summed E-state index contributed by atoms with van der Waals surface area (Å²) in [5.41, 5.74) is -0.729. The summed E-state index contributed by atoms with van der Waals surface area (Å²) in [7, 11) is 1.36. The van der Waals surface area contributed by atoms with E-state index in [-0.39, 0.29) is 13.2 Å². The fourth-order valence-corrected chi connectivity index (χ4v) is 1.68. The van der Waals surface area contributed by atoms with Crippen molar-refractivity contribution in [3.63, 3.8) is 0 Å². The molecule has 3 nitrogen and oxygen atoms in total. The normalized spacial score (nSPS) is 13.1. The predicted octanol–water partition coefficient (Wildman–Crippen LogP) is 2.41. The molecule has 19 heavy (non-hydrogen) atoms. The third kappa shape index (κ3) is 3.70. The van der Waals surface area contributed by atoms with Gasteiger partial charge in [0.1, 0.15) is 11.9 Å². The highest BCUT2D eigenvalue weighted by molar-refractivity contribution is 5.46. The van der Waals surface area contributed by atoms with Crippen molar-refractivity contribution in [1.29, 1.82) is 0 Å². The van der Waals surface area contributed by atoms with Gasteiger partial charge < -0.3 is 9.64 Å². The van der Waals surface area contributed by atoms with Crippen LogP contribution in [0.2, 0.25) is 0 Å². The molecule has 1 amide bonds. The smallest absolute Gasteiger partial charge is 0.303 e. The second-order valence-corrected chi connectivity index (χ2v) is 4.09. The molecule has 0 fully saturated rings. The van der Waals surface area contributed by atoms with E-state index in [2.05, 4.69) is 0 Å². The number of nitrogens with zero attached hydrogens (tertiary/aromatic N) is 1. The maximum absolute atomic E-state index is 14.3. The van der Waals surface area contributed by atoms with Gasteiger partial charge in [-0.15, -0.1) is 0 Å². The summed E-state index contributed by atoms with van der Waals surface area (Å²) in [4.78, 5) is 11.6. The van der Waals surface area contributed by atoms with Crippen molar-refractivity contribution in [3.8, 4) is 0 Å². The molecule has 0 radical (unpaired) electrons. The van der Waals surface area contributed by atoms with Gasteiger partial charge in [-0.2, -0.15) is 8.78 Å². The molecule has 6 heteroatoms. The van der Waals surface area contributed by atoms with Gasteiger partial charge in [0.15, 0.2) is 0 Å². The number of alkyl halides is 2. The number of amides is 1. The minimum absolute atomic E-state index is 0.0431. The molecule has 1 rings (SSSR count). The van der Waals surface area contributed by atoms with E-state index in [0.717, 1.165) is 17.0 Å². The van der Waals surface area contributed by atoms with Crippen molar-refractivity contribution in [3.05, 3.63) is 35.6 Å². The summed E-state index contributed by atoms with van der Waals surface area (Å²) >= 11 is 0. The summed E-state index contributed by atoms with van der Waals surface area (Å²) in [6, 6.07) is 4.65. The molecule has 0 aromatic heterocycles. The van der Waals surface area contributed by atoms with Crippen molar-refractivity contribution in [1.82, 2.24) is 4.90 Å². The van der Waals surface area contributed by atoms with Crippen LogP contribution in [0.25, 0.3) is 0 Å². The Morgan fingerprint density at radius 1 is 1.42 bits per heavy atom. The number of ether oxygens (including phenoxy) is 1.